The predicted molar refractivity (Wildman–Crippen MR) is 233 cm³/mol. The molecular weight excluding hydrogens is 809 g/mol. The van der Waals surface area contributed by atoms with Gasteiger partial charge < -0.3 is 45.6 Å². The molecule has 0 spiro atoms. The first kappa shape index (κ1) is 45.7. The van der Waals surface area contributed by atoms with Crippen LogP contribution in [-0.2, 0) is 44.7 Å². The zero-order valence-electron chi connectivity index (χ0n) is 36.2. The number of hydrogen-bond donors (Lipinski definition) is 4. The number of benzene rings is 3. The van der Waals surface area contributed by atoms with E-state index in [1.807, 2.05) is 43.3 Å². The molecule has 3 saturated heterocycles. The van der Waals surface area contributed by atoms with Gasteiger partial charge in [0.2, 0.25) is 29.5 Å². The highest BCUT2D eigenvalue weighted by atomic mass is 16.5. The molecule has 3 aromatic rings. The maximum atomic E-state index is 15.0. The molecule has 17 heteroatoms. The van der Waals surface area contributed by atoms with Gasteiger partial charge in [-0.15, -0.1) is 0 Å². The number of para-hydroxylation sites is 1. The monoisotopic (exact) mass is 864 g/mol. The summed E-state index contributed by atoms with van der Waals surface area (Å²) in [4.78, 5) is 119. The Bertz CT molecular complexity index is 2170. The number of fused-ring (bicyclic) bond motifs is 2. The van der Waals surface area contributed by atoms with E-state index in [9.17, 15) is 38.4 Å². The zero-order chi connectivity index (χ0) is 45.4. The summed E-state index contributed by atoms with van der Waals surface area (Å²) in [6, 6.07) is 15.6. The fraction of sp³-hybridized carbons (Fsp3) is 0.435. The van der Waals surface area contributed by atoms with Crippen molar-refractivity contribution in [3.05, 3.63) is 96.1 Å². The number of piperidine rings is 1. The van der Waals surface area contributed by atoms with Crippen LogP contribution >= 0.6 is 0 Å². The molecule has 0 aliphatic carbocycles. The highest BCUT2D eigenvalue weighted by Crippen LogP contribution is 2.27. The van der Waals surface area contributed by atoms with E-state index in [1.54, 1.807) is 67.6 Å². The van der Waals surface area contributed by atoms with Crippen LogP contribution in [0.15, 0.2) is 84.9 Å². The zero-order valence-corrected chi connectivity index (χ0v) is 36.2. The largest absolute Gasteiger partial charge is 0.458 e. The lowest BCUT2D eigenvalue weighted by atomic mass is 9.95. The standard InChI is InChI=1S/C46H56N8O9/c1-6-34-42(58)53-24-13-18-35(53)43(59)52(5)37(26-29-19-21-32(22-20-29)51(3)4)44(60)54-25-23-33(55)27-36(54)40(56)49-39(30-14-9-7-10-15-30)45(61)63-28(2)38(41(57)48-34)50-46(62)47-31-16-11-8-12-17-31/h7-12,14-17,19-22,28,34-39H,6,13,18,23-27H2,1-5H3,(H,48,57)(H,49,56)(H2,47,50,62)/t28-,34-,35+,36+,37+,38+,39+/m1/s1. The Balaban J connectivity index is 1.42. The fourth-order valence-corrected chi connectivity index (χ4v) is 8.25. The smallest absolute Gasteiger partial charge is 0.333 e. The first-order valence-corrected chi connectivity index (χ1v) is 21.3. The van der Waals surface area contributed by atoms with E-state index < -0.39 is 83.9 Å². The quantitative estimate of drug-likeness (QED) is 0.256. The molecule has 7 amide bonds. The van der Waals surface area contributed by atoms with Gasteiger partial charge in [0.15, 0.2) is 6.04 Å². The molecule has 0 aromatic heterocycles. The summed E-state index contributed by atoms with van der Waals surface area (Å²) in [5.74, 6) is -4.58. The van der Waals surface area contributed by atoms with Crippen molar-refractivity contribution >= 4 is 58.7 Å². The molecule has 17 nitrogen and oxygen atoms in total. The summed E-state index contributed by atoms with van der Waals surface area (Å²) in [5.41, 5.74) is 2.35. The highest BCUT2D eigenvalue weighted by molar-refractivity contribution is 6.00. The number of cyclic esters (lactones) is 1. The predicted octanol–water partition coefficient (Wildman–Crippen LogP) is 2.56. The third-order valence-corrected chi connectivity index (χ3v) is 11.9. The Morgan fingerprint density at radius 2 is 1.44 bits per heavy atom. The lowest BCUT2D eigenvalue weighted by Crippen LogP contribution is -2.61. The second-order valence-electron chi connectivity index (χ2n) is 16.4. The van der Waals surface area contributed by atoms with E-state index in [-0.39, 0.29) is 44.6 Å². The van der Waals surface area contributed by atoms with Crippen molar-refractivity contribution in [1.29, 1.82) is 0 Å². The summed E-state index contributed by atoms with van der Waals surface area (Å²) in [7, 11) is 5.28. The van der Waals surface area contributed by atoms with Crippen molar-refractivity contribution in [2.24, 2.45) is 0 Å². The van der Waals surface area contributed by atoms with Gasteiger partial charge in [-0.1, -0.05) is 67.6 Å². The second kappa shape index (κ2) is 20.4. The molecule has 6 rings (SSSR count). The molecule has 0 saturated carbocycles. The van der Waals surface area contributed by atoms with E-state index in [0.29, 0.717) is 24.1 Å². The second-order valence-corrected chi connectivity index (χ2v) is 16.4. The summed E-state index contributed by atoms with van der Waals surface area (Å²) >= 11 is 0. The van der Waals surface area contributed by atoms with Crippen LogP contribution in [0, 0.1) is 0 Å². The van der Waals surface area contributed by atoms with Gasteiger partial charge in [-0.3, -0.25) is 28.8 Å². The molecule has 3 aliphatic heterocycles. The van der Waals surface area contributed by atoms with E-state index in [0.717, 1.165) is 11.3 Å². The molecule has 0 bridgehead atoms. The highest BCUT2D eigenvalue weighted by Gasteiger charge is 2.45. The van der Waals surface area contributed by atoms with E-state index in [1.165, 1.54) is 28.7 Å². The maximum Gasteiger partial charge on any atom is 0.333 e. The average molecular weight is 865 g/mol. The number of anilines is 2. The van der Waals surface area contributed by atoms with Crippen LogP contribution in [0.3, 0.4) is 0 Å². The molecule has 3 aromatic carbocycles. The summed E-state index contributed by atoms with van der Waals surface area (Å²) < 4.78 is 5.89. The summed E-state index contributed by atoms with van der Waals surface area (Å²) in [5, 5.41) is 10.7. The number of ketones is 1. The number of carbonyl (C=O) groups excluding carboxylic acids is 8. The molecule has 3 heterocycles. The Hall–Kier alpha value is -6.78. The summed E-state index contributed by atoms with van der Waals surface area (Å²) in [6.45, 7) is 3.16. The van der Waals surface area contributed by atoms with Gasteiger partial charge in [-0.2, -0.15) is 0 Å². The molecule has 0 unspecified atom stereocenters. The number of carbonyl (C=O) groups is 8. The van der Waals surface area contributed by atoms with Crippen LogP contribution in [0.1, 0.15) is 63.1 Å². The van der Waals surface area contributed by atoms with E-state index in [2.05, 4.69) is 21.3 Å². The first-order chi connectivity index (χ1) is 30.2. The van der Waals surface area contributed by atoms with Crippen molar-refractivity contribution in [2.45, 2.75) is 94.7 Å². The lowest BCUT2D eigenvalue weighted by molar-refractivity contribution is -0.156. The molecule has 3 fully saturated rings. The van der Waals surface area contributed by atoms with Crippen molar-refractivity contribution in [3.63, 3.8) is 0 Å². The van der Waals surface area contributed by atoms with Gasteiger partial charge in [0.1, 0.15) is 42.1 Å². The van der Waals surface area contributed by atoms with Crippen LogP contribution in [0.4, 0.5) is 16.2 Å². The van der Waals surface area contributed by atoms with Crippen LogP contribution in [0.25, 0.3) is 0 Å². The van der Waals surface area contributed by atoms with Gasteiger partial charge in [-0.25, -0.2) is 9.59 Å². The lowest BCUT2D eigenvalue weighted by Gasteiger charge is -2.40. The minimum absolute atomic E-state index is 0.0321. The number of rotatable bonds is 7. The minimum Gasteiger partial charge on any atom is -0.458 e. The molecule has 4 N–H and O–H groups in total. The SMILES string of the molecule is CC[C@H]1NC(=O)[C@@H](NC(=O)Nc2ccccc2)[C@@H](C)OC(=O)[C@H](c2ccccc2)NC(=O)[C@@H]2CC(=O)CCN2C(=O)[C@H](Cc2ccc(N(C)C)cc2)N(C)C(=O)[C@@H]2CCCN2C1=O. The Morgan fingerprint density at radius 1 is 0.794 bits per heavy atom. The molecule has 3 aliphatic rings. The van der Waals surface area contributed by atoms with Crippen molar-refractivity contribution in [3.8, 4) is 0 Å². The Morgan fingerprint density at radius 3 is 2.10 bits per heavy atom. The van der Waals surface area contributed by atoms with Gasteiger partial charge in [0.05, 0.1) is 0 Å². The maximum absolute atomic E-state index is 15.0. The molecular formula is C46H56N8O9. The Kier molecular flexibility index (Phi) is 14.8. The van der Waals surface area contributed by atoms with Crippen LogP contribution < -0.4 is 26.2 Å². The van der Waals surface area contributed by atoms with Gasteiger partial charge in [0.25, 0.3) is 0 Å². The third kappa shape index (κ3) is 10.8. The average Bonchev–Trinajstić information content (AvgIpc) is 3.78. The topological polar surface area (TPSA) is 207 Å². The van der Waals surface area contributed by atoms with Crippen LogP contribution in [0.5, 0.6) is 0 Å². The van der Waals surface area contributed by atoms with Gasteiger partial charge in [-0.05, 0) is 61.6 Å². The minimum atomic E-state index is -1.56. The number of amides is 7. The fourth-order valence-electron chi connectivity index (χ4n) is 8.25. The number of likely N-dealkylation sites (N-methyl/N-ethyl adjacent to an activating group) is 1. The van der Waals surface area contributed by atoms with Gasteiger partial charge in [0, 0.05) is 64.9 Å². The molecule has 7 atom stereocenters. The number of nitrogens with one attached hydrogen (secondary N) is 4. The first-order valence-electron chi connectivity index (χ1n) is 21.3. The third-order valence-electron chi connectivity index (χ3n) is 11.9. The number of Topliss-reactive ketones (excluding diaryl/α,β-unsaturated/α-hetero) is 1. The molecule has 0 radical (unpaired) electrons. The summed E-state index contributed by atoms with van der Waals surface area (Å²) in [6.07, 6.45) is -0.845. The normalized spacial score (nSPS) is 25.4. The number of urea groups is 1. The molecule has 334 valence electrons. The van der Waals surface area contributed by atoms with Gasteiger partial charge >= 0.3 is 12.0 Å². The van der Waals surface area contributed by atoms with Crippen LogP contribution in [0.2, 0.25) is 0 Å². The van der Waals surface area contributed by atoms with Crippen molar-refractivity contribution in [1.82, 2.24) is 30.7 Å². The number of ether oxygens (including phenoxy) is 1. The van der Waals surface area contributed by atoms with E-state index >= 15 is 0 Å². The van der Waals surface area contributed by atoms with Crippen molar-refractivity contribution in [2.75, 3.05) is 44.4 Å². The van der Waals surface area contributed by atoms with E-state index in [4.69, 9.17) is 4.74 Å². The van der Waals surface area contributed by atoms with Crippen molar-refractivity contribution < 1.29 is 43.1 Å². The number of esters is 1. The number of nitrogens with zero attached hydrogens (tertiary/aromatic N) is 4. The Labute approximate surface area is 366 Å². The number of hydrogen-bond acceptors (Lipinski definition) is 10. The van der Waals surface area contributed by atoms with Crippen LogP contribution in [-0.4, -0.2) is 133 Å². The molecule has 63 heavy (non-hydrogen) atoms.